The van der Waals surface area contributed by atoms with E-state index in [1.165, 1.54) is 6.42 Å². The number of nitrogens with zero attached hydrogens (tertiary/aromatic N) is 4. The van der Waals surface area contributed by atoms with Gasteiger partial charge in [0, 0.05) is 63.5 Å². The average molecular weight is 441 g/mol. The number of carbonyl (C=O) groups is 1. The predicted octanol–water partition coefficient (Wildman–Crippen LogP) is 3.10. The molecule has 2 aromatic rings. The highest BCUT2D eigenvalue weighted by molar-refractivity contribution is 6.30. The third-order valence-corrected chi connectivity index (χ3v) is 6.90. The van der Waals surface area contributed by atoms with Crippen LogP contribution in [-0.2, 0) is 11.2 Å². The quantitative estimate of drug-likeness (QED) is 0.731. The summed E-state index contributed by atoms with van der Waals surface area (Å²) < 4.78 is 5.94. The minimum absolute atomic E-state index is 0.122. The molecule has 1 aromatic heterocycles. The highest BCUT2D eigenvalue weighted by atomic mass is 35.5. The van der Waals surface area contributed by atoms with Gasteiger partial charge in [0.2, 0.25) is 0 Å². The van der Waals surface area contributed by atoms with E-state index in [0.29, 0.717) is 17.4 Å². The highest BCUT2D eigenvalue weighted by Crippen LogP contribution is 2.32. The number of ether oxygens (including phenoxy) is 1. The molecule has 4 heterocycles. The number of hydrogen-bond donors (Lipinski definition) is 0. The summed E-state index contributed by atoms with van der Waals surface area (Å²) in [5.41, 5.74) is 1.03. The molecule has 0 N–H and O–H groups in total. The van der Waals surface area contributed by atoms with Gasteiger partial charge in [-0.15, -0.1) is 0 Å². The third kappa shape index (κ3) is 4.65. The van der Waals surface area contributed by atoms with Crippen LogP contribution in [0.3, 0.4) is 0 Å². The van der Waals surface area contributed by atoms with Crippen molar-refractivity contribution in [3.8, 4) is 5.75 Å². The smallest absolute Gasteiger partial charge is 0.264 e. The number of halogens is 1. The van der Waals surface area contributed by atoms with Crippen molar-refractivity contribution in [1.29, 1.82) is 0 Å². The summed E-state index contributed by atoms with van der Waals surface area (Å²) in [6.45, 7) is 6.81. The molecule has 0 aliphatic carbocycles. The first kappa shape index (κ1) is 20.6. The van der Waals surface area contributed by atoms with Crippen LogP contribution in [0.15, 0.2) is 42.6 Å². The molecule has 7 heteroatoms. The van der Waals surface area contributed by atoms with E-state index in [1.807, 2.05) is 41.4 Å². The largest absolute Gasteiger partial charge is 0.480 e. The SMILES string of the molecule is O=C(C1Cc2cc(Cl)ccc2O1)N1CCCC(CN2CCN(c3ccccn3)CC2)C1. The van der Waals surface area contributed by atoms with Gasteiger partial charge in [-0.2, -0.15) is 0 Å². The Balaban J connectivity index is 1.12. The second-order valence-corrected chi connectivity index (χ2v) is 9.27. The second kappa shape index (κ2) is 9.05. The van der Waals surface area contributed by atoms with E-state index >= 15 is 0 Å². The Morgan fingerprint density at radius 2 is 2.00 bits per heavy atom. The Morgan fingerprint density at radius 3 is 2.81 bits per heavy atom. The topological polar surface area (TPSA) is 48.9 Å². The summed E-state index contributed by atoms with van der Waals surface area (Å²) in [6.07, 6.45) is 4.32. The molecule has 1 amide bonds. The number of piperidine rings is 1. The van der Waals surface area contributed by atoms with Crippen LogP contribution in [0.2, 0.25) is 5.02 Å². The maximum atomic E-state index is 13.1. The number of benzene rings is 1. The molecule has 0 spiro atoms. The molecular weight excluding hydrogens is 412 g/mol. The lowest BCUT2D eigenvalue weighted by atomic mass is 9.96. The van der Waals surface area contributed by atoms with Crippen molar-refractivity contribution >= 4 is 23.3 Å². The number of aromatic nitrogens is 1. The molecule has 0 saturated carbocycles. The molecule has 2 fully saturated rings. The van der Waals surface area contributed by atoms with Crippen molar-refractivity contribution in [3.63, 3.8) is 0 Å². The fourth-order valence-electron chi connectivity index (χ4n) is 5.04. The lowest BCUT2D eigenvalue weighted by Gasteiger charge is -2.40. The fourth-order valence-corrected chi connectivity index (χ4v) is 5.23. The summed E-state index contributed by atoms with van der Waals surface area (Å²) in [7, 11) is 0. The molecular formula is C24H29ClN4O2. The van der Waals surface area contributed by atoms with Gasteiger partial charge in [0.1, 0.15) is 11.6 Å². The van der Waals surface area contributed by atoms with E-state index in [-0.39, 0.29) is 5.91 Å². The van der Waals surface area contributed by atoms with Crippen LogP contribution in [-0.4, -0.2) is 72.6 Å². The zero-order valence-electron chi connectivity index (χ0n) is 17.8. The molecule has 2 atom stereocenters. The maximum Gasteiger partial charge on any atom is 0.264 e. The number of carbonyl (C=O) groups excluding carboxylic acids is 1. The lowest BCUT2D eigenvalue weighted by Crippen LogP contribution is -2.51. The zero-order valence-corrected chi connectivity index (χ0v) is 18.5. The van der Waals surface area contributed by atoms with Gasteiger partial charge < -0.3 is 14.5 Å². The van der Waals surface area contributed by atoms with E-state index in [2.05, 4.69) is 20.9 Å². The van der Waals surface area contributed by atoms with Gasteiger partial charge in [-0.05, 0) is 54.7 Å². The summed E-state index contributed by atoms with van der Waals surface area (Å²) >= 11 is 6.09. The monoisotopic (exact) mass is 440 g/mol. The fraction of sp³-hybridized carbons (Fsp3) is 0.500. The minimum atomic E-state index is -0.408. The molecule has 1 aromatic carbocycles. The number of hydrogen-bond acceptors (Lipinski definition) is 5. The summed E-state index contributed by atoms with van der Waals surface area (Å²) in [5.74, 6) is 2.51. The molecule has 5 rings (SSSR count). The molecule has 6 nitrogen and oxygen atoms in total. The summed E-state index contributed by atoms with van der Waals surface area (Å²) in [6, 6.07) is 11.7. The number of piperazine rings is 1. The average Bonchev–Trinajstić information content (AvgIpc) is 3.23. The van der Waals surface area contributed by atoms with Crippen LogP contribution in [0.1, 0.15) is 18.4 Å². The van der Waals surface area contributed by atoms with Crippen LogP contribution >= 0.6 is 11.6 Å². The molecule has 2 saturated heterocycles. The number of rotatable bonds is 4. The molecule has 3 aliphatic heterocycles. The Kier molecular flexibility index (Phi) is 6.01. The molecule has 0 radical (unpaired) electrons. The van der Waals surface area contributed by atoms with Gasteiger partial charge in [-0.3, -0.25) is 9.69 Å². The first-order chi connectivity index (χ1) is 15.2. The van der Waals surface area contributed by atoms with Gasteiger partial charge in [-0.25, -0.2) is 4.98 Å². The van der Waals surface area contributed by atoms with Crippen LogP contribution in [0.5, 0.6) is 5.75 Å². The standard InChI is InChI=1S/C24H29ClN4O2/c25-20-6-7-21-19(14-20)15-22(31-21)24(30)29-9-3-4-18(17-29)16-27-10-12-28(13-11-27)23-5-1-2-8-26-23/h1-2,5-8,14,18,22H,3-4,9-13,15-17H2. The first-order valence-electron chi connectivity index (χ1n) is 11.3. The van der Waals surface area contributed by atoms with Crippen molar-refractivity contribution in [1.82, 2.24) is 14.8 Å². The van der Waals surface area contributed by atoms with Gasteiger partial charge in [-0.1, -0.05) is 17.7 Å². The molecule has 2 unspecified atom stereocenters. The summed E-state index contributed by atoms with van der Waals surface area (Å²) in [4.78, 5) is 24.5. The van der Waals surface area contributed by atoms with E-state index in [4.69, 9.17) is 16.3 Å². The maximum absolute atomic E-state index is 13.1. The normalized spacial score (nSPS) is 24.0. The highest BCUT2D eigenvalue weighted by Gasteiger charge is 2.35. The first-order valence-corrected chi connectivity index (χ1v) is 11.7. The minimum Gasteiger partial charge on any atom is -0.480 e. The van der Waals surface area contributed by atoms with Crippen LogP contribution < -0.4 is 9.64 Å². The molecule has 3 aliphatic rings. The van der Waals surface area contributed by atoms with E-state index in [0.717, 1.165) is 69.4 Å². The summed E-state index contributed by atoms with van der Waals surface area (Å²) in [5, 5.41) is 0.691. The van der Waals surface area contributed by atoms with Gasteiger partial charge in [0.15, 0.2) is 6.10 Å². The van der Waals surface area contributed by atoms with Gasteiger partial charge in [0.25, 0.3) is 5.91 Å². The Labute approximate surface area is 188 Å². The lowest BCUT2D eigenvalue weighted by molar-refractivity contribution is -0.139. The van der Waals surface area contributed by atoms with Crippen LogP contribution in [0.4, 0.5) is 5.82 Å². The van der Waals surface area contributed by atoms with Crippen molar-refractivity contribution < 1.29 is 9.53 Å². The Hall–Kier alpha value is -2.31. The van der Waals surface area contributed by atoms with E-state index in [1.54, 1.807) is 0 Å². The zero-order chi connectivity index (χ0) is 21.2. The second-order valence-electron chi connectivity index (χ2n) is 8.83. The van der Waals surface area contributed by atoms with E-state index < -0.39 is 6.10 Å². The molecule has 0 bridgehead atoms. The van der Waals surface area contributed by atoms with Gasteiger partial charge in [0.05, 0.1) is 0 Å². The number of likely N-dealkylation sites (tertiary alicyclic amines) is 1. The Morgan fingerprint density at radius 1 is 1.13 bits per heavy atom. The predicted molar refractivity (Wildman–Crippen MR) is 122 cm³/mol. The number of anilines is 1. The third-order valence-electron chi connectivity index (χ3n) is 6.67. The van der Waals surface area contributed by atoms with Crippen LogP contribution in [0.25, 0.3) is 0 Å². The van der Waals surface area contributed by atoms with Crippen molar-refractivity contribution in [3.05, 3.63) is 53.2 Å². The van der Waals surface area contributed by atoms with E-state index in [9.17, 15) is 4.79 Å². The number of amides is 1. The molecule has 31 heavy (non-hydrogen) atoms. The number of pyridine rings is 1. The number of fused-ring (bicyclic) bond motifs is 1. The van der Waals surface area contributed by atoms with Crippen molar-refractivity contribution in [2.24, 2.45) is 5.92 Å². The molecule has 164 valence electrons. The Bertz CT molecular complexity index is 917. The van der Waals surface area contributed by atoms with Crippen molar-refractivity contribution in [2.45, 2.75) is 25.4 Å². The van der Waals surface area contributed by atoms with Gasteiger partial charge >= 0.3 is 0 Å². The van der Waals surface area contributed by atoms with Crippen LogP contribution in [0, 0.1) is 5.92 Å². The van der Waals surface area contributed by atoms with Crippen molar-refractivity contribution in [2.75, 3.05) is 50.7 Å².